The van der Waals surface area contributed by atoms with Crippen LogP contribution in [0.1, 0.15) is 58.6 Å². The number of fused-ring (bicyclic) bond motifs is 1. The number of carbonyl (C=O) groups excluding carboxylic acids is 2. The van der Waals surface area contributed by atoms with Gasteiger partial charge in [0.05, 0.1) is 42.9 Å². The van der Waals surface area contributed by atoms with Crippen LogP contribution < -0.4 is 4.74 Å². The van der Waals surface area contributed by atoms with Crippen molar-refractivity contribution < 1.29 is 28.5 Å². The first-order valence-corrected chi connectivity index (χ1v) is 13.1. The van der Waals surface area contributed by atoms with Gasteiger partial charge < -0.3 is 28.7 Å². The zero-order chi connectivity index (χ0) is 26.7. The van der Waals surface area contributed by atoms with Crippen LogP contribution in [0.25, 0.3) is 10.9 Å². The number of morpholine rings is 1. The highest BCUT2D eigenvalue weighted by Gasteiger charge is 2.42. The van der Waals surface area contributed by atoms with E-state index in [2.05, 4.69) is 11.2 Å². The van der Waals surface area contributed by atoms with Crippen LogP contribution in [0.5, 0.6) is 5.75 Å². The molecule has 37 heavy (non-hydrogen) atoms. The molecule has 10 nitrogen and oxygen atoms in total. The molecule has 2 atom stereocenters. The molecule has 2 amide bonds. The van der Waals surface area contributed by atoms with Crippen LogP contribution in [-0.2, 0) is 26.1 Å². The predicted octanol–water partition coefficient (Wildman–Crippen LogP) is 3.68. The van der Waals surface area contributed by atoms with Gasteiger partial charge >= 0.3 is 6.09 Å². The Labute approximate surface area is 218 Å². The molecule has 1 saturated heterocycles. The summed E-state index contributed by atoms with van der Waals surface area (Å²) in [6.45, 7) is 9.56. The molecule has 0 spiro atoms. The monoisotopic (exact) mass is 516 g/mol. The Morgan fingerprint density at radius 1 is 1.24 bits per heavy atom. The first-order valence-electron chi connectivity index (χ1n) is 13.1. The van der Waals surface area contributed by atoms with E-state index in [0.717, 1.165) is 41.5 Å². The molecular weight excluding hydrogens is 476 g/mol. The lowest BCUT2D eigenvalue weighted by Crippen LogP contribution is -2.54. The van der Waals surface area contributed by atoms with E-state index in [1.807, 2.05) is 50.4 Å². The van der Waals surface area contributed by atoms with Crippen LogP contribution >= 0.6 is 0 Å². The molecule has 1 saturated carbocycles. The second-order valence-electron chi connectivity index (χ2n) is 10.9. The van der Waals surface area contributed by atoms with E-state index in [4.69, 9.17) is 18.9 Å². The summed E-state index contributed by atoms with van der Waals surface area (Å²) in [6, 6.07) is 4.03. The summed E-state index contributed by atoms with van der Waals surface area (Å²) in [7, 11) is 3.57. The van der Waals surface area contributed by atoms with Gasteiger partial charge in [0.15, 0.2) is 6.10 Å². The van der Waals surface area contributed by atoms with E-state index in [9.17, 15) is 9.59 Å². The van der Waals surface area contributed by atoms with Gasteiger partial charge in [-0.3, -0.25) is 9.48 Å². The van der Waals surface area contributed by atoms with Crippen LogP contribution in [0.15, 0.2) is 18.3 Å². The molecule has 2 fully saturated rings. The third-order valence-electron chi connectivity index (χ3n) is 6.69. The number of aromatic nitrogens is 2. The van der Waals surface area contributed by atoms with Gasteiger partial charge in [-0.15, -0.1) is 0 Å². The molecule has 2 heterocycles. The lowest BCUT2D eigenvalue weighted by atomic mass is 10.0. The Balaban J connectivity index is 1.55. The summed E-state index contributed by atoms with van der Waals surface area (Å²) < 4.78 is 24.5. The van der Waals surface area contributed by atoms with Gasteiger partial charge in [-0.2, -0.15) is 5.10 Å². The van der Waals surface area contributed by atoms with Gasteiger partial charge in [-0.1, -0.05) is 0 Å². The molecular formula is C27H40N4O6. The predicted molar refractivity (Wildman–Crippen MR) is 139 cm³/mol. The van der Waals surface area contributed by atoms with Gasteiger partial charge in [0, 0.05) is 39.8 Å². The van der Waals surface area contributed by atoms with E-state index >= 15 is 0 Å². The maximum absolute atomic E-state index is 13.8. The van der Waals surface area contributed by atoms with Crippen LogP contribution in [0.3, 0.4) is 0 Å². The minimum absolute atomic E-state index is 0.101. The standard InChI is InChI=1S/C27H40N4O6/c1-18(19-14-22-21(16-28-29(22)5)23(15-19)35-12-7-11-34-6)31(20-8-9-20)25(32)24-17-30(10-13-36-24)26(33)37-27(2,3)4/h14-16,18,20,24H,7-13,17H2,1-6H3/t18?,24-/m1/s1. The number of hydrogen-bond donors (Lipinski definition) is 0. The number of amides is 2. The van der Waals surface area contributed by atoms with E-state index in [-0.39, 0.29) is 24.5 Å². The van der Waals surface area contributed by atoms with Crippen LogP contribution in [0.4, 0.5) is 4.79 Å². The minimum atomic E-state index is -0.727. The number of carbonyl (C=O) groups is 2. The molecule has 4 rings (SSSR count). The quantitative estimate of drug-likeness (QED) is 0.469. The lowest BCUT2D eigenvalue weighted by Gasteiger charge is -2.38. The van der Waals surface area contributed by atoms with Gasteiger partial charge in [-0.25, -0.2) is 4.79 Å². The zero-order valence-electron chi connectivity index (χ0n) is 22.9. The van der Waals surface area contributed by atoms with E-state index in [0.29, 0.717) is 26.4 Å². The third-order valence-corrected chi connectivity index (χ3v) is 6.69. The molecule has 10 heteroatoms. The summed E-state index contributed by atoms with van der Waals surface area (Å²) in [6.07, 6.45) is 3.34. The van der Waals surface area contributed by atoms with Gasteiger partial charge in [-0.05, 0) is 58.2 Å². The fourth-order valence-electron chi connectivity index (χ4n) is 4.64. The molecule has 1 aromatic heterocycles. The minimum Gasteiger partial charge on any atom is -0.493 e. The van der Waals surface area contributed by atoms with Crippen molar-refractivity contribution in [2.45, 2.75) is 70.7 Å². The average Bonchev–Trinajstić information content (AvgIpc) is 3.62. The second-order valence-corrected chi connectivity index (χ2v) is 10.9. The molecule has 0 N–H and O–H groups in total. The summed E-state index contributed by atoms with van der Waals surface area (Å²) in [5.74, 6) is 0.646. The maximum Gasteiger partial charge on any atom is 0.410 e. The lowest BCUT2D eigenvalue weighted by molar-refractivity contribution is -0.151. The van der Waals surface area contributed by atoms with Crippen LogP contribution in [0.2, 0.25) is 0 Å². The number of methoxy groups -OCH3 is 1. The smallest absolute Gasteiger partial charge is 0.410 e. The van der Waals surface area contributed by atoms with Crippen molar-refractivity contribution >= 4 is 22.9 Å². The van der Waals surface area contributed by atoms with Gasteiger partial charge in [0.2, 0.25) is 0 Å². The average molecular weight is 517 g/mol. The van der Waals surface area contributed by atoms with Crippen LogP contribution in [-0.4, -0.2) is 89.3 Å². The highest BCUT2D eigenvalue weighted by molar-refractivity contribution is 5.87. The van der Waals surface area contributed by atoms with Crippen molar-refractivity contribution in [1.29, 1.82) is 0 Å². The SMILES string of the molecule is COCCCOc1cc(C(C)N(C(=O)[C@H]2CN(C(=O)OC(C)(C)C)CCO2)C2CC2)cc2c1cnn2C. The highest BCUT2D eigenvalue weighted by Crippen LogP contribution is 2.38. The van der Waals surface area contributed by atoms with Gasteiger partial charge in [0.25, 0.3) is 5.91 Å². The van der Waals surface area contributed by atoms with Crippen LogP contribution in [0, 0.1) is 0 Å². The molecule has 1 aromatic carbocycles. The number of benzene rings is 1. The molecule has 1 aliphatic carbocycles. The normalized spacial score (nSPS) is 19.1. The molecule has 1 unspecified atom stereocenters. The number of nitrogens with zero attached hydrogens (tertiary/aromatic N) is 4. The zero-order valence-corrected chi connectivity index (χ0v) is 22.9. The van der Waals surface area contributed by atoms with Crippen molar-refractivity contribution in [1.82, 2.24) is 19.6 Å². The first-order chi connectivity index (χ1) is 17.6. The van der Waals surface area contributed by atoms with E-state index in [1.165, 1.54) is 0 Å². The fourth-order valence-corrected chi connectivity index (χ4v) is 4.64. The van der Waals surface area contributed by atoms with Crippen molar-refractivity contribution in [3.8, 4) is 5.75 Å². The maximum atomic E-state index is 13.8. The summed E-state index contributed by atoms with van der Waals surface area (Å²) >= 11 is 0. The fraction of sp³-hybridized carbons (Fsp3) is 0.667. The Kier molecular flexibility index (Phi) is 8.28. The molecule has 0 bridgehead atoms. The number of rotatable bonds is 9. The molecule has 1 aliphatic heterocycles. The number of hydrogen-bond acceptors (Lipinski definition) is 7. The topological polar surface area (TPSA) is 95.4 Å². The van der Waals surface area contributed by atoms with E-state index < -0.39 is 17.8 Å². The Morgan fingerprint density at radius 3 is 2.68 bits per heavy atom. The summed E-state index contributed by atoms with van der Waals surface area (Å²) in [5.41, 5.74) is 1.31. The van der Waals surface area contributed by atoms with Crippen molar-refractivity contribution in [3.05, 3.63) is 23.9 Å². The first kappa shape index (κ1) is 27.2. The van der Waals surface area contributed by atoms with Crippen molar-refractivity contribution in [2.24, 2.45) is 7.05 Å². The number of aryl methyl sites for hydroxylation is 1. The Morgan fingerprint density at radius 2 is 2.00 bits per heavy atom. The summed E-state index contributed by atoms with van der Waals surface area (Å²) in [4.78, 5) is 30.0. The largest absolute Gasteiger partial charge is 0.493 e. The van der Waals surface area contributed by atoms with E-state index in [1.54, 1.807) is 18.2 Å². The van der Waals surface area contributed by atoms with Crippen molar-refractivity contribution in [2.75, 3.05) is 40.0 Å². The third kappa shape index (κ3) is 6.54. The molecule has 2 aromatic rings. The Bertz CT molecular complexity index is 1110. The molecule has 204 valence electrons. The summed E-state index contributed by atoms with van der Waals surface area (Å²) in [5, 5.41) is 5.35. The highest BCUT2D eigenvalue weighted by atomic mass is 16.6. The molecule has 2 aliphatic rings. The Hall–Kier alpha value is -2.85. The van der Waals surface area contributed by atoms with Gasteiger partial charge in [0.1, 0.15) is 11.4 Å². The second kappa shape index (κ2) is 11.3. The number of ether oxygens (including phenoxy) is 4. The van der Waals surface area contributed by atoms with Crippen molar-refractivity contribution in [3.63, 3.8) is 0 Å². The molecule has 0 radical (unpaired) electrons.